The number of benzene rings is 3. The minimum absolute atomic E-state index is 0.0134. The van der Waals surface area contributed by atoms with Gasteiger partial charge in [0, 0.05) is 0 Å². The Morgan fingerprint density at radius 3 is 2.47 bits per heavy atom. The van der Waals surface area contributed by atoms with Gasteiger partial charge >= 0.3 is 5.97 Å². The summed E-state index contributed by atoms with van der Waals surface area (Å²) < 4.78 is 25.6. The highest BCUT2D eigenvalue weighted by Gasteiger charge is 2.20. The summed E-state index contributed by atoms with van der Waals surface area (Å²) in [6.45, 7) is 3.84. The van der Waals surface area contributed by atoms with Crippen molar-refractivity contribution >= 4 is 29.2 Å². The molecule has 0 saturated heterocycles. The molecule has 32 heavy (non-hydrogen) atoms. The predicted octanol–water partition coefficient (Wildman–Crippen LogP) is 5.72. The van der Waals surface area contributed by atoms with Crippen LogP contribution >= 0.6 is 11.6 Å². The molecule has 1 amide bonds. The molecule has 1 N–H and O–H groups in total. The van der Waals surface area contributed by atoms with E-state index in [9.17, 15) is 9.59 Å². The Balaban J connectivity index is 1.75. The van der Waals surface area contributed by atoms with Gasteiger partial charge in [0.2, 0.25) is 0 Å². The standard InChI is InChI=1S/C25H23ClFNO4/c1-3-31-22(29)14-18-10-11-20(19(26)13-18)28-25(30)23-16(2)9-12-21(24(23)27)32-15-17-7-5-4-6-8-17/h4-13H,3,14-15H2,1-2H3,(H,28,30). The highest BCUT2D eigenvalue weighted by molar-refractivity contribution is 6.34. The van der Waals surface area contributed by atoms with Gasteiger partial charge in [0.1, 0.15) is 6.61 Å². The molecule has 0 aromatic heterocycles. The molecule has 0 atom stereocenters. The summed E-state index contributed by atoms with van der Waals surface area (Å²) in [5, 5.41) is 2.86. The molecule has 0 spiro atoms. The predicted molar refractivity (Wildman–Crippen MR) is 122 cm³/mol. The van der Waals surface area contributed by atoms with Crippen molar-refractivity contribution in [3.63, 3.8) is 0 Å². The summed E-state index contributed by atoms with van der Waals surface area (Å²) >= 11 is 6.26. The van der Waals surface area contributed by atoms with Gasteiger partial charge in [-0.1, -0.05) is 54.1 Å². The lowest BCUT2D eigenvalue weighted by Gasteiger charge is -2.14. The van der Waals surface area contributed by atoms with Crippen LogP contribution in [0.3, 0.4) is 0 Å². The molecule has 3 aromatic rings. The third-order valence-electron chi connectivity index (χ3n) is 4.71. The Bertz CT molecular complexity index is 1120. The average molecular weight is 456 g/mol. The lowest BCUT2D eigenvalue weighted by molar-refractivity contribution is -0.142. The van der Waals surface area contributed by atoms with Gasteiger partial charge in [-0.15, -0.1) is 0 Å². The van der Waals surface area contributed by atoms with E-state index in [0.717, 1.165) is 5.56 Å². The summed E-state index contributed by atoms with van der Waals surface area (Å²) in [4.78, 5) is 24.5. The van der Waals surface area contributed by atoms with E-state index in [4.69, 9.17) is 21.1 Å². The first-order valence-corrected chi connectivity index (χ1v) is 10.5. The molecule has 3 aromatic carbocycles. The Kier molecular flexibility index (Phi) is 7.84. The van der Waals surface area contributed by atoms with Crippen molar-refractivity contribution in [3.8, 4) is 5.75 Å². The molecule has 0 fully saturated rings. The fraction of sp³-hybridized carbons (Fsp3) is 0.200. The maximum Gasteiger partial charge on any atom is 0.310 e. The van der Waals surface area contributed by atoms with E-state index in [1.807, 2.05) is 30.3 Å². The fourth-order valence-electron chi connectivity index (χ4n) is 3.11. The molecular formula is C25H23ClFNO4. The largest absolute Gasteiger partial charge is 0.486 e. The van der Waals surface area contributed by atoms with Crippen LogP contribution in [0.5, 0.6) is 5.75 Å². The Labute approximate surface area is 191 Å². The van der Waals surface area contributed by atoms with Gasteiger partial charge in [-0.05, 0) is 48.7 Å². The second-order valence-corrected chi connectivity index (χ2v) is 7.50. The first-order chi connectivity index (χ1) is 15.4. The van der Waals surface area contributed by atoms with Gasteiger partial charge in [0.05, 0.1) is 29.3 Å². The van der Waals surface area contributed by atoms with E-state index >= 15 is 4.39 Å². The van der Waals surface area contributed by atoms with Crippen LogP contribution in [0.1, 0.15) is 34.0 Å². The van der Waals surface area contributed by atoms with Gasteiger partial charge in [-0.3, -0.25) is 9.59 Å². The lowest BCUT2D eigenvalue weighted by Crippen LogP contribution is -2.16. The van der Waals surface area contributed by atoms with E-state index in [1.165, 1.54) is 6.07 Å². The minimum Gasteiger partial charge on any atom is -0.486 e. The number of ether oxygens (including phenoxy) is 2. The third kappa shape index (κ3) is 5.86. The number of nitrogens with one attached hydrogen (secondary N) is 1. The Morgan fingerprint density at radius 1 is 1.03 bits per heavy atom. The van der Waals surface area contributed by atoms with Crippen LogP contribution in [-0.4, -0.2) is 18.5 Å². The van der Waals surface area contributed by atoms with Crippen LogP contribution in [-0.2, 0) is 22.6 Å². The number of esters is 1. The lowest BCUT2D eigenvalue weighted by atomic mass is 10.1. The first-order valence-electron chi connectivity index (χ1n) is 10.1. The zero-order chi connectivity index (χ0) is 23.1. The molecular weight excluding hydrogens is 433 g/mol. The molecule has 0 radical (unpaired) electrons. The van der Waals surface area contributed by atoms with Crippen LogP contribution in [0.2, 0.25) is 5.02 Å². The van der Waals surface area contributed by atoms with Crippen LogP contribution in [0.15, 0.2) is 60.7 Å². The van der Waals surface area contributed by atoms with Gasteiger partial charge < -0.3 is 14.8 Å². The molecule has 0 unspecified atom stereocenters. The van der Waals surface area contributed by atoms with Crippen molar-refractivity contribution < 1.29 is 23.5 Å². The molecule has 0 saturated carbocycles. The monoisotopic (exact) mass is 455 g/mol. The molecule has 0 aliphatic rings. The molecule has 5 nitrogen and oxygen atoms in total. The quantitative estimate of drug-likeness (QED) is 0.441. The topological polar surface area (TPSA) is 64.6 Å². The zero-order valence-electron chi connectivity index (χ0n) is 17.8. The van der Waals surface area contributed by atoms with Gasteiger partial charge in [0.15, 0.2) is 11.6 Å². The van der Waals surface area contributed by atoms with Gasteiger partial charge in [0.25, 0.3) is 5.91 Å². The van der Waals surface area contributed by atoms with Crippen molar-refractivity contribution in [2.75, 3.05) is 11.9 Å². The van der Waals surface area contributed by atoms with Crippen molar-refractivity contribution in [1.29, 1.82) is 0 Å². The number of rotatable bonds is 8. The number of hydrogen-bond acceptors (Lipinski definition) is 4. The van der Waals surface area contributed by atoms with Crippen LogP contribution < -0.4 is 10.1 Å². The van der Waals surface area contributed by atoms with Gasteiger partial charge in [-0.25, -0.2) is 4.39 Å². The van der Waals surface area contributed by atoms with E-state index in [1.54, 1.807) is 38.1 Å². The van der Waals surface area contributed by atoms with Crippen molar-refractivity contribution in [2.24, 2.45) is 0 Å². The maximum absolute atomic E-state index is 15.1. The smallest absolute Gasteiger partial charge is 0.310 e. The van der Waals surface area contributed by atoms with Crippen LogP contribution in [0.25, 0.3) is 0 Å². The Hall–Kier alpha value is -3.38. The zero-order valence-corrected chi connectivity index (χ0v) is 18.5. The molecule has 0 bridgehead atoms. The maximum atomic E-state index is 15.1. The molecule has 166 valence electrons. The van der Waals surface area contributed by atoms with Crippen molar-refractivity contribution in [1.82, 2.24) is 0 Å². The van der Waals surface area contributed by atoms with E-state index < -0.39 is 11.7 Å². The van der Waals surface area contributed by atoms with Crippen molar-refractivity contribution in [2.45, 2.75) is 26.9 Å². The van der Waals surface area contributed by atoms with E-state index in [-0.39, 0.29) is 35.3 Å². The number of aryl methyl sites for hydroxylation is 1. The SMILES string of the molecule is CCOC(=O)Cc1ccc(NC(=O)c2c(C)ccc(OCc3ccccc3)c2F)c(Cl)c1. The summed E-state index contributed by atoms with van der Waals surface area (Å²) in [7, 11) is 0. The van der Waals surface area contributed by atoms with Crippen LogP contribution in [0, 0.1) is 12.7 Å². The molecule has 7 heteroatoms. The molecule has 3 rings (SSSR count). The number of halogens is 2. The van der Waals surface area contributed by atoms with Crippen LogP contribution in [0.4, 0.5) is 10.1 Å². The number of carbonyl (C=O) groups excluding carboxylic acids is 2. The Morgan fingerprint density at radius 2 is 1.78 bits per heavy atom. The molecule has 0 heterocycles. The summed E-state index contributed by atoms with van der Waals surface area (Å²) in [5.74, 6) is -1.77. The average Bonchev–Trinajstić information content (AvgIpc) is 2.76. The number of hydrogen-bond donors (Lipinski definition) is 1. The van der Waals surface area contributed by atoms with E-state index in [0.29, 0.717) is 23.4 Å². The number of amides is 1. The number of carbonyl (C=O) groups is 2. The molecule has 0 aliphatic carbocycles. The highest BCUT2D eigenvalue weighted by Crippen LogP contribution is 2.28. The molecule has 0 aliphatic heterocycles. The second-order valence-electron chi connectivity index (χ2n) is 7.09. The first kappa shape index (κ1) is 23.3. The minimum atomic E-state index is -0.742. The highest BCUT2D eigenvalue weighted by atomic mass is 35.5. The van der Waals surface area contributed by atoms with Crippen molar-refractivity contribution in [3.05, 3.63) is 93.8 Å². The summed E-state index contributed by atoms with van der Waals surface area (Å²) in [6, 6.07) is 17.3. The number of anilines is 1. The van der Waals surface area contributed by atoms with E-state index in [2.05, 4.69) is 5.32 Å². The fourth-order valence-corrected chi connectivity index (χ4v) is 3.36. The second kappa shape index (κ2) is 10.8. The summed E-state index contributed by atoms with van der Waals surface area (Å²) in [6.07, 6.45) is 0.0658. The summed E-state index contributed by atoms with van der Waals surface area (Å²) in [5.41, 5.74) is 2.17. The third-order valence-corrected chi connectivity index (χ3v) is 5.03. The van der Waals surface area contributed by atoms with Gasteiger partial charge in [-0.2, -0.15) is 0 Å². The normalized spacial score (nSPS) is 10.5.